The Labute approximate surface area is 171 Å². The summed E-state index contributed by atoms with van der Waals surface area (Å²) in [6.45, 7) is 4.26. The van der Waals surface area contributed by atoms with Gasteiger partial charge in [-0.2, -0.15) is 0 Å². The number of carbonyl (C=O) groups excluding carboxylic acids is 1. The molecule has 2 aromatic carbocycles. The summed E-state index contributed by atoms with van der Waals surface area (Å²) in [6.07, 6.45) is -1.03. The lowest BCUT2D eigenvalue weighted by Gasteiger charge is -2.44. The molecular formula is C22H27NO4S. The van der Waals surface area contributed by atoms with E-state index in [0.717, 1.165) is 11.1 Å². The molecule has 1 fully saturated rings. The van der Waals surface area contributed by atoms with E-state index < -0.39 is 11.5 Å². The van der Waals surface area contributed by atoms with E-state index in [9.17, 15) is 4.79 Å². The molecular weight excluding hydrogens is 374 g/mol. The second kappa shape index (κ2) is 10.1. The van der Waals surface area contributed by atoms with Gasteiger partial charge in [-0.05, 0) is 18.1 Å². The summed E-state index contributed by atoms with van der Waals surface area (Å²) < 4.78 is 18.3. The van der Waals surface area contributed by atoms with Crippen LogP contribution in [0, 0.1) is 0 Å². The lowest BCUT2D eigenvalue weighted by molar-refractivity contribution is -0.188. The number of hydrogen-bond acceptors (Lipinski definition) is 5. The molecule has 1 heterocycles. The van der Waals surface area contributed by atoms with Gasteiger partial charge in [0.1, 0.15) is 17.6 Å². The van der Waals surface area contributed by atoms with Crippen molar-refractivity contribution in [3.05, 3.63) is 71.8 Å². The predicted octanol–water partition coefficient (Wildman–Crippen LogP) is 3.34. The molecule has 5 atom stereocenters. The topological polar surface area (TPSA) is 56.8 Å². The van der Waals surface area contributed by atoms with E-state index in [1.54, 1.807) is 0 Å². The molecule has 0 saturated carbocycles. The quantitative estimate of drug-likeness (QED) is 0.699. The molecule has 0 spiro atoms. The van der Waals surface area contributed by atoms with E-state index in [0.29, 0.717) is 13.2 Å². The average Bonchev–Trinajstić information content (AvgIpc) is 2.68. The maximum Gasteiger partial charge on any atom is 0.217 e. The lowest BCUT2D eigenvalue weighted by Crippen LogP contribution is -2.63. The first-order chi connectivity index (χ1) is 13.5. The molecule has 1 unspecified atom stereocenters. The van der Waals surface area contributed by atoms with Crippen molar-refractivity contribution in [2.75, 3.05) is 0 Å². The Morgan fingerprint density at radius 2 is 1.46 bits per heavy atom. The summed E-state index contributed by atoms with van der Waals surface area (Å²) in [5.41, 5.74) is 1.64. The Kier molecular flexibility index (Phi) is 7.50. The Bertz CT molecular complexity index is 687. The number of benzene rings is 2. The largest absolute Gasteiger partial charge is 0.369 e. The van der Waals surface area contributed by atoms with Crippen molar-refractivity contribution < 1.29 is 19.0 Å². The van der Waals surface area contributed by atoms with E-state index in [4.69, 9.17) is 14.2 Å². The monoisotopic (exact) mass is 401 g/mol. The van der Waals surface area contributed by atoms with Crippen LogP contribution in [0.25, 0.3) is 0 Å². The van der Waals surface area contributed by atoms with E-state index in [1.807, 2.05) is 67.6 Å². The van der Waals surface area contributed by atoms with Gasteiger partial charge in [0.05, 0.1) is 25.4 Å². The normalized spacial score (nSPS) is 27.3. The molecule has 0 radical (unpaired) electrons. The SMILES string of the molecule is CC(=O)N[C@H]1[C@H](OCc2ccccc2)[C@@H](C)OC(S)[C@@H]1OCc1ccccc1. The second-order valence-electron chi connectivity index (χ2n) is 6.98. The summed E-state index contributed by atoms with van der Waals surface area (Å²) in [5, 5.41) is 3.00. The minimum absolute atomic E-state index is 0.138. The molecule has 1 N–H and O–H groups in total. The van der Waals surface area contributed by atoms with Gasteiger partial charge in [-0.3, -0.25) is 4.79 Å². The van der Waals surface area contributed by atoms with Crippen LogP contribution in [0.4, 0.5) is 0 Å². The first-order valence-corrected chi connectivity index (χ1v) is 9.98. The minimum Gasteiger partial charge on any atom is -0.369 e. The minimum atomic E-state index is -0.466. The highest BCUT2D eigenvalue weighted by atomic mass is 32.1. The summed E-state index contributed by atoms with van der Waals surface area (Å²) >= 11 is 4.57. The number of amides is 1. The van der Waals surface area contributed by atoms with Gasteiger partial charge in [0.25, 0.3) is 0 Å². The van der Waals surface area contributed by atoms with Crippen LogP contribution in [0.1, 0.15) is 25.0 Å². The van der Waals surface area contributed by atoms with Gasteiger partial charge < -0.3 is 19.5 Å². The smallest absolute Gasteiger partial charge is 0.217 e. The molecule has 1 aliphatic heterocycles. The van der Waals surface area contributed by atoms with E-state index >= 15 is 0 Å². The molecule has 0 aromatic heterocycles. The third-order valence-electron chi connectivity index (χ3n) is 4.75. The molecule has 150 valence electrons. The standard InChI is InChI=1S/C22H27NO4S/c1-15-20(25-13-17-9-5-3-6-10-17)19(23-16(2)24)21(22(28)27-15)26-14-18-11-7-4-8-12-18/h3-12,15,19-22,28H,13-14H2,1-2H3,(H,23,24)/t15-,19+,20-,21-,22?/m1/s1. The zero-order valence-electron chi connectivity index (χ0n) is 16.2. The predicted molar refractivity (Wildman–Crippen MR) is 111 cm³/mol. The van der Waals surface area contributed by atoms with Crippen molar-refractivity contribution in [1.29, 1.82) is 0 Å². The van der Waals surface area contributed by atoms with Crippen LogP contribution < -0.4 is 5.32 Å². The van der Waals surface area contributed by atoms with Gasteiger partial charge in [0.2, 0.25) is 5.91 Å². The van der Waals surface area contributed by atoms with Gasteiger partial charge in [-0.1, -0.05) is 60.7 Å². The van der Waals surface area contributed by atoms with E-state index in [2.05, 4.69) is 17.9 Å². The summed E-state index contributed by atoms with van der Waals surface area (Å²) in [5.74, 6) is -0.138. The Morgan fingerprint density at radius 1 is 0.964 bits per heavy atom. The molecule has 5 nitrogen and oxygen atoms in total. The molecule has 2 aromatic rings. The molecule has 0 aliphatic carbocycles. The third-order valence-corrected chi connectivity index (χ3v) is 5.16. The Hall–Kier alpha value is -1.86. The van der Waals surface area contributed by atoms with E-state index in [1.165, 1.54) is 6.92 Å². The van der Waals surface area contributed by atoms with Crippen molar-refractivity contribution >= 4 is 18.5 Å². The fraction of sp³-hybridized carbons (Fsp3) is 0.409. The van der Waals surface area contributed by atoms with Gasteiger partial charge in [-0.15, -0.1) is 12.6 Å². The molecule has 3 rings (SSSR count). The molecule has 1 aliphatic rings. The van der Waals surface area contributed by atoms with Crippen LogP contribution in [0.3, 0.4) is 0 Å². The molecule has 1 saturated heterocycles. The summed E-state index contributed by atoms with van der Waals surface area (Å²) in [7, 11) is 0. The van der Waals surface area contributed by atoms with Crippen LogP contribution in [0.15, 0.2) is 60.7 Å². The number of rotatable bonds is 7. The molecule has 0 bridgehead atoms. The Morgan fingerprint density at radius 3 is 1.96 bits per heavy atom. The maximum atomic E-state index is 11.9. The first-order valence-electron chi connectivity index (χ1n) is 9.46. The number of thiol groups is 1. The number of ether oxygens (including phenoxy) is 3. The van der Waals surface area contributed by atoms with Gasteiger partial charge in [0.15, 0.2) is 0 Å². The summed E-state index contributed by atoms with van der Waals surface area (Å²) in [4.78, 5) is 11.9. The van der Waals surface area contributed by atoms with Crippen molar-refractivity contribution in [1.82, 2.24) is 5.32 Å². The summed E-state index contributed by atoms with van der Waals surface area (Å²) in [6, 6.07) is 19.4. The Balaban J connectivity index is 1.73. The van der Waals surface area contributed by atoms with Crippen molar-refractivity contribution in [3.63, 3.8) is 0 Å². The lowest BCUT2D eigenvalue weighted by atomic mass is 9.97. The fourth-order valence-electron chi connectivity index (χ4n) is 3.39. The van der Waals surface area contributed by atoms with Crippen LogP contribution in [0.2, 0.25) is 0 Å². The highest BCUT2D eigenvalue weighted by Crippen LogP contribution is 2.29. The number of hydrogen-bond donors (Lipinski definition) is 2. The number of carbonyl (C=O) groups is 1. The van der Waals surface area contributed by atoms with Crippen molar-refractivity contribution in [3.8, 4) is 0 Å². The second-order valence-corrected chi connectivity index (χ2v) is 7.49. The zero-order chi connectivity index (χ0) is 19.9. The van der Waals surface area contributed by atoms with Gasteiger partial charge >= 0.3 is 0 Å². The molecule has 6 heteroatoms. The highest BCUT2D eigenvalue weighted by molar-refractivity contribution is 7.80. The van der Waals surface area contributed by atoms with Gasteiger partial charge in [-0.25, -0.2) is 0 Å². The van der Waals surface area contributed by atoms with Crippen molar-refractivity contribution in [2.24, 2.45) is 0 Å². The zero-order valence-corrected chi connectivity index (χ0v) is 17.0. The van der Waals surface area contributed by atoms with Gasteiger partial charge in [0, 0.05) is 6.92 Å². The van der Waals surface area contributed by atoms with Crippen LogP contribution >= 0.6 is 12.6 Å². The highest BCUT2D eigenvalue weighted by Gasteiger charge is 2.45. The van der Waals surface area contributed by atoms with Crippen LogP contribution in [0.5, 0.6) is 0 Å². The van der Waals surface area contributed by atoms with Crippen molar-refractivity contribution in [2.45, 2.75) is 56.9 Å². The maximum absolute atomic E-state index is 11.9. The third kappa shape index (κ3) is 5.58. The van der Waals surface area contributed by atoms with Crippen LogP contribution in [-0.4, -0.2) is 35.7 Å². The fourth-order valence-corrected chi connectivity index (χ4v) is 3.85. The first kappa shape index (κ1) is 20.9. The average molecular weight is 402 g/mol. The number of nitrogens with one attached hydrogen (secondary N) is 1. The van der Waals surface area contributed by atoms with E-state index in [-0.39, 0.29) is 24.2 Å². The molecule has 1 amide bonds. The van der Waals surface area contributed by atoms with Crippen LogP contribution in [-0.2, 0) is 32.2 Å². The molecule has 28 heavy (non-hydrogen) atoms.